The van der Waals surface area contributed by atoms with Gasteiger partial charge in [-0.05, 0) is 83.7 Å². The van der Waals surface area contributed by atoms with Gasteiger partial charge in [0.05, 0.1) is 10.5 Å². The van der Waals surface area contributed by atoms with Crippen molar-refractivity contribution in [3.05, 3.63) is 61.2 Å². The Hall–Kier alpha value is -0.430. The molecule has 2 nitrogen and oxygen atoms in total. The summed E-state index contributed by atoms with van der Waals surface area (Å²) >= 11 is 10.1. The molecule has 2 aromatic carbocycles. The van der Waals surface area contributed by atoms with E-state index in [1.54, 1.807) is 12.1 Å². The van der Waals surface area contributed by atoms with Gasteiger partial charge in [-0.15, -0.1) is 0 Å². The number of anilines is 1. The number of benzene rings is 2. The summed E-state index contributed by atoms with van der Waals surface area (Å²) in [6, 6.07) is 10.7. The standard InChI is InChI=1S/C14H12Br3FN2/c15-10-3-1-8(5-11(10)16)14(7-19)20-9-2-4-13(18)12(17)6-9/h1-6,14,20H,7,19H2. The smallest absolute Gasteiger partial charge is 0.137 e. The number of halogens is 4. The number of nitrogens with one attached hydrogen (secondary N) is 1. The third-order valence-electron chi connectivity index (χ3n) is 2.84. The molecule has 0 aromatic heterocycles. The Morgan fingerprint density at radius 1 is 1.00 bits per heavy atom. The second-order valence-corrected chi connectivity index (χ2v) is 6.80. The van der Waals surface area contributed by atoms with Gasteiger partial charge < -0.3 is 11.1 Å². The van der Waals surface area contributed by atoms with Crippen LogP contribution >= 0.6 is 47.8 Å². The summed E-state index contributed by atoms with van der Waals surface area (Å²) in [4.78, 5) is 0. The van der Waals surface area contributed by atoms with Crippen molar-refractivity contribution in [1.82, 2.24) is 0 Å². The first-order valence-corrected chi connectivity index (χ1v) is 8.25. The fraction of sp³-hybridized carbons (Fsp3) is 0.143. The van der Waals surface area contributed by atoms with E-state index in [1.165, 1.54) is 6.07 Å². The second kappa shape index (κ2) is 7.02. The summed E-state index contributed by atoms with van der Waals surface area (Å²) in [5, 5.41) is 3.30. The normalized spacial score (nSPS) is 12.2. The highest BCUT2D eigenvalue weighted by molar-refractivity contribution is 9.13. The van der Waals surface area contributed by atoms with Crippen LogP contribution in [-0.4, -0.2) is 6.54 Å². The average molecular weight is 467 g/mol. The Morgan fingerprint density at radius 3 is 2.35 bits per heavy atom. The molecule has 0 aliphatic heterocycles. The average Bonchev–Trinajstić information content (AvgIpc) is 2.43. The lowest BCUT2D eigenvalue weighted by Crippen LogP contribution is -2.20. The molecule has 0 saturated heterocycles. The van der Waals surface area contributed by atoms with Crippen LogP contribution in [0.3, 0.4) is 0 Å². The molecule has 0 amide bonds. The molecule has 1 unspecified atom stereocenters. The Labute approximate surface area is 142 Å². The van der Waals surface area contributed by atoms with Crippen LogP contribution in [0.5, 0.6) is 0 Å². The number of hydrogen-bond acceptors (Lipinski definition) is 2. The molecule has 0 fully saturated rings. The van der Waals surface area contributed by atoms with Gasteiger partial charge in [-0.2, -0.15) is 0 Å². The third-order valence-corrected chi connectivity index (χ3v) is 5.33. The van der Waals surface area contributed by atoms with E-state index in [4.69, 9.17) is 5.73 Å². The van der Waals surface area contributed by atoms with E-state index in [-0.39, 0.29) is 11.9 Å². The topological polar surface area (TPSA) is 38.0 Å². The molecule has 0 saturated carbocycles. The van der Waals surface area contributed by atoms with E-state index >= 15 is 0 Å². The molecule has 0 spiro atoms. The molecule has 0 aliphatic carbocycles. The van der Waals surface area contributed by atoms with Gasteiger partial charge >= 0.3 is 0 Å². The van der Waals surface area contributed by atoms with Crippen LogP contribution in [0.25, 0.3) is 0 Å². The Morgan fingerprint density at radius 2 is 1.75 bits per heavy atom. The van der Waals surface area contributed by atoms with Crippen molar-refractivity contribution >= 4 is 53.5 Å². The van der Waals surface area contributed by atoms with Gasteiger partial charge in [0.25, 0.3) is 0 Å². The largest absolute Gasteiger partial charge is 0.377 e. The van der Waals surface area contributed by atoms with E-state index in [2.05, 4.69) is 53.1 Å². The minimum absolute atomic E-state index is 0.0447. The first-order chi connectivity index (χ1) is 9.51. The van der Waals surface area contributed by atoms with Crippen molar-refractivity contribution in [2.24, 2.45) is 5.73 Å². The van der Waals surface area contributed by atoms with Gasteiger partial charge in [0.1, 0.15) is 5.82 Å². The summed E-state index contributed by atoms with van der Waals surface area (Å²) < 4.78 is 15.6. The zero-order chi connectivity index (χ0) is 14.7. The number of rotatable bonds is 4. The molecule has 2 rings (SSSR count). The lowest BCUT2D eigenvalue weighted by Gasteiger charge is -2.19. The Kier molecular flexibility index (Phi) is 5.60. The molecular formula is C14H12Br3FN2. The second-order valence-electron chi connectivity index (χ2n) is 4.24. The summed E-state index contributed by atoms with van der Waals surface area (Å²) in [6.07, 6.45) is 0. The molecule has 2 aromatic rings. The molecule has 106 valence electrons. The molecule has 0 radical (unpaired) electrons. The first-order valence-electron chi connectivity index (χ1n) is 5.88. The van der Waals surface area contributed by atoms with Crippen LogP contribution in [0.15, 0.2) is 49.8 Å². The Bertz CT molecular complexity index is 619. The van der Waals surface area contributed by atoms with E-state index in [0.29, 0.717) is 11.0 Å². The fourth-order valence-corrected chi connectivity index (χ4v) is 2.82. The SMILES string of the molecule is NCC(Nc1ccc(F)c(Br)c1)c1ccc(Br)c(Br)c1. The molecule has 0 heterocycles. The minimum Gasteiger partial charge on any atom is -0.377 e. The van der Waals surface area contributed by atoms with Crippen molar-refractivity contribution in [3.63, 3.8) is 0 Å². The summed E-state index contributed by atoms with van der Waals surface area (Å²) in [5.41, 5.74) is 7.70. The van der Waals surface area contributed by atoms with Crippen molar-refractivity contribution in [2.75, 3.05) is 11.9 Å². The first kappa shape index (κ1) is 15.9. The highest BCUT2D eigenvalue weighted by atomic mass is 79.9. The van der Waals surface area contributed by atoms with Gasteiger partial charge in [-0.25, -0.2) is 4.39 Å². The van der Waals surface area contributed by atoms with Crippen LogP contribution in [0, 0.1) is 5.82 Å². The van der Waals surface area contributed by atoms with Gasteiger partial charge in [0, 0.05) is 21.2 Å². The van der Waals surface area contributed by atoms with Crippen molar-refractivity contribution < 1.29 is 4.39 Å². The molecule has 0 aliphatic rings. The summed E-state index contributed by atoms with van der Waals surface area (Å²) in [5.74, 6) is -0.286. The van der Waals surface area contributed by atoms with Crippen LogP contribution < -0.4 is 11.1 Å². The predicted octanol–water partition coefficient (Wildman–Crippen LogP) is 5.23. The van der Waals surface area contributed by atoms with E-state index in [1.807, 2.05) is 18.2 Å². The summed E-state index contributed by atoms with van der Waals surface area (Å²) in [7, 11) is 0. The van der Waals surface area contributed by atoms with Gasteiger partial charge in [-0.1, -0.05) is 6.07 Å². The highest BCUT2D eigenvalue weighted by Crippen LogP contribution is 2.28. The van der Waals surface area contributed by atoms with Gasteiger partial charge in [-0.3, -0.25) is 0 Å². The molecule has 20 heavy (non-hydrogen) atoms. The minimum atomic E-state index is -0.286. The molecular weight excluding hydrogens is 455 g/mol. The van der Waals surface area contributed by atoms with Gasteiger partial charge in [0.2, 0.25) is 0 Å². The van der Waals surface area contributed by atoms with Crippen LogP contribution in [0.1, 0.15) is 11.6 Å². The van der Waals surface area contributed by atoms with Crippen LogP contribution in [-0.2, 0) is 0 Å². The number of nitrogens with two attached hydrogens (primary N) is 1. The quantitative estimate of drug-likeness (QED) is 0.648. The van der Waals surface area contributed by atoms with Crippen LogP contribution in [0.2, 0.25) is 0 Å². The molecule has 3 N–H and O–H groups in total. The van der Waals surface area contributed by atoms with Crippen LogP contribution in [0.4, 0.5) is 10.1 Å². The zero-order valence-electron chi connectivity index (χ0n) is 10.3. The molecule has 0 bridgehead atoms. The van der Waals surface area contributed by atoms with E-state index in [9.17, 15) is 4.39 Å². The maximum Gasteiger partial charge on any atom is 0.137 e. The molecule has 6 heteroatoms. The lowest BCUT2D eigenvalue weighted by molar-refractivity contribution is 0.621. The maximum atomic E-state index is 13.2. The van der Waals surface area contributed by atoms with Crippen molar-refractivity contribution in [3.8, 4) is 0 Å². The highest BCUT2D eigenvalue weighted by Gasteiger charge is 2.12. The fourth-order valence-electron chi connectivity index (χ4n) is 1.79. The van der Waals surface area contributed by atoms with Gasteiger partial charge in [0.15, 0.2) is 0 Å². The van der Waals surface area contributed by atoms with Crippen molar-refractivity contribution in [2.45, 2.75) is 6.04 Å². The zero-order valence-corrected chi connectivity index (χ0v) is 15.1. The summed E-state index contributed by atoms with van der Waals surface area (Å²) in [6.45, 7) is 0.434. The third kappa shape index (κ3) is 3.81. The molecule has 1 atom stereocenters. The van der Waals surface area contributed by atoms with E-state index < -0.39 is 0 Å². The number of hydrogen-bond donors (Lipinski definition) is 2. The van der Waals surface area contributed by atoms with Crippen molar-refractivity contribution in [1.29, 1.82) is 0 Å². The van der Waals surface area contributed by atoms with E-state index in [0.717, 1.165) is 20.2 Å². The predicted molar refractivity (Wildman–Crippen MR) is 91.4 cm³/mol. The monoisotopic (exact) mass is 464 g/mol. The lowest BCUT2D eigenvalue weighted by atomic mass is 10.1. The maximum absolute atomic E-state index is 13.2. The Balaban J connectivity index is 2.23.